The molecule has 11 heteroatoms. The lowest BCUT2D eigenvalue weighted by Gasteiger charge is -2.39. The van der Waals surface area contributed by atoms with Crippen LogP contribution >= 0.6 is 11.8 Å². The Balaban J connectivity index is 2.19. The number of aliphatic hydroxyl groups is 4. The van der Waals surface area contributed by atoms with Gasteiger partial charge in [-0.1, -0.05) is 11.8 Å². The van der Waals surface area contributed by atoms with Gasteiger partial charge in [-0.15, -0.1) is 0 Å². The summed E-state index contributed by atoms with van der Waals surface area (Å²) in [5.74, 6) is 0. The largest absolute Gasteiger partial charge is 0.394 e. The first-order valence-electron chi connectivity index (χ1n) is 5.60. The molecule has 0 bridgehead atoms. The molecule has 0 saturated carbocycles. The van der Waals surface area contributed by atoms with Gasteiger partial charge >= 0.3 is 5.69 Å². The van der Waals surface area contributed by atoms with Crippen LogP contribution in [0.25, 0.3) is 0 Å². The third-order valence-electron chi connectivity index (χ3n) is 2.76. The molecule has 0 amide bonds. The van der Waals surface area contributed by atoms with Crippen LogP contribution in [0.15, 0.2) is 14.6 Å². The average Bonchev–Trinajstić information content (AvgIpc) is 2.42. The maximum absolute atomic E-state index is 11.5. The fourth-order valence-electron chi connectivity index (χ4n) is 1.69. The molecule has 1 aliphatic rings. The number of aliphatic hydroxyl groups excluding tert-OH is 4. The number of hydrogen-bond donors (Lipinski definition) is 6. The maximum atomic E-state index is 11.5. The Kier molecular flexibility index (Phi) is 4.57. The SMILES string of the molecule is O=c1[nH]nc(S[C@@H]2O[C@H](CO)[C@@H](O)[C@@H](O)[C@H]2O)c(=O)[nH]1. The minimum atomic E-state index is -1.54. The summed E-state index contributed by atoms with van der Waals surface area (Å²) in [5, 5.41) is 43.3. The van der Waals surface area contributed by atoms with Gasteiger partial charge in [-0.05, 0) is 0 Å². The van der Waals surface area contributed by atoms with E-state index >= 15 is 0 Å². The number of thioether (sulfide) groups is 1. The van der Waals surface area contributed by atoms with E-state index in [2.05, 4.69) is 5.10 Å². The van der Waals surface area contributed by atoms with Crippen molar-refractivity contribution in [2.45, 2.75) is 34.9 Å². The van der Waals surface area contributed by atoms with E-state index in [-0.39, 0.29) is 5.03 Å². The highest BCUT2D eigenvalue weighted by Gasteiger charge is 2.44. The lowest BCUT2D eigenvalue weighted by atomic mass is 10.0. The van der Waals surface area contributed by atoms with Gasteiger partial charge in [0.05, 0.1) is 6.61 Å². The number of rotatable bonds is 3. The molecule has 0 spiro atoms. The third-order valence-corrected chi connectivity index (χ3v) is 3.88. The van der Waals surface area contributed by atoms with Crippen LogP contribution in [0.4, 0.5) is 0 Å². The van der Waals surface area contributed by atoms with Crippen molar-refractivity contribution < 1.29 is 25.2 Å². The molecule has 1 aromatic rings. The molecule has 2 rings (SSSR count). The van der Waals surface area contributed by atoms with Crippen LogP contribution in [0.2, 0.25) is 0 Å². The van der Waals surface area contributed by atoms with Crippen molar-refractivity contribution in [2.75, 3.05) is 6.61 Å². The lowest BCUT2D eigenvalue weighted by molar-refractivity contribution is -0.205. The third kappa shape index (κ3) is 2.92. The summed E-state index contributed by atoms with van der Waals surface area (Å²) in [5.41, 5.74) is -2.70. The zero-order chi connectivity index (χ0) is 14.9. The highest BCUT2D eigenvalue weighted by molar-refractivity contribution is 7.99. The second-order valence-corrected chi connectivity index (χ2v) is 5.21. The first kappa shape index (κ1) is 15.2. The highest BCUT2D eigenvalue weighted by atomic mass is 32.2. The zero-order valence-electron chi connectivity index (χ0n) is 9.96. The summed E-state index contributed by atoms with van der Waals surface area (Å²) < 4.78 is 5.19. The summed E-state index contributed by atoms with van der Waals surface area (Å²) in [6, 6.07) is 0. The quantitative estimate of drug-likeness (QED) is 0.329. The Morgan fingerprint density at radius 2 is 1.90 bits per heavy atom. The van der Waals surface area contributed by atoms with Gasteiger partial charge in [-0.25, -0.2) is 9.89 Å². The van der Waals surface area contributed by atoms with Crippen LogP contribution in [0.5, 0.6) is 0 Å². The van der Waals surface area contributed by atoms with E-state index in [9.17, 15) is 24.9 Å². The van der Waals surface area contributed by atoms with E-state index in [0.29, 0.717) is 11.8 Å². The molecule has 6 N–H and O–H groups in total. The van der Waals surface area contributed by atoms with Gasteiger partial charge in [-0.2, -0.15) is 5.10 Å². The fourth-order valence-corrected chi connectivity index (χ4v) is 2.67. The van der Waals surface area contributed by atoms with E-state index < -0.39 is 47.7 Å². The number of hydrogen-bond acceptors (Lipinski definition) is 9. The van der Waals surface area contributed by atoms with Crippen molar-refractivity contribution in [3.05, 3.63) is 20.8 Å². The Labute approximate surface area is 115 Å². The van der Waals surface area contributed by atoms with Crippen LogP contribution in [-0.2, 0) is 4.74 Å². The summed E-state index contributed by atoms with van der Waals surface area (Å²) in [7, 11) is 0. The first-order valence-corrected chi connectivity index (χ1v) is 6.48. The van der Waals surface area contributed by atoms with E-state index in [4.69, 9.17) is 9.84 Å². The molecule has 1 fully saturated rings. The molecule has 0 aliphatic carbocycles. The van der Waals surface area contributed by atoms with Crippen molar-refractivity contribution in [3.63, 3.8) is 0 Å². The average molecular weight is 307 g/mol. The Morgan fingerprint density at radius 1 is 1.20 bits per heavy atom. The van der Waals surface area contributed by atoms with Crippen LogP contribution in [0.1, 0.15) is 0 Å². The summed E-state index contributed by atoms with van der Waals surface area (Å²) >= 11 is 0.653. The predicted octanol–water partition coefficient (Wildman–Crippen LogP) is -3.65. The molecule has 1 aromatic heterocycles. The molecule has 1 saturated heterocycles. The normalized spacial score (nSPS) is 34.1. The minimum Gasteiger partial charge on any atom is -0.394 e. The minimum absolute atomic E-state index is 0.186. The van der Waals surface area contributed by atoms with Crippen molar-refractivity contribution in [1.82, 2.24) is 15.2 Å². The molecule has 0 radical (unpaired) electrons. The molecule has 0 aromatic carbocycles. The van der Waals surface area contributed by atoms with Crippen LogP contribution in [0.3, 0.4) is 0 Å². The van der Waals surface area contributed by atoms with Gasteiger partial charge in [0.15, 0.2) is 5.03 Å². The Hall–Kier alpha value is -1.24. The van der Waals surface area contributed by atoms with Gasteiger partial charge < -0.3 is 25.2 Å². The number of nitrogens with one attached hydrogen (secondary N) is 2. The summed E-state index contributed by atoms with van der Waals surface area (Å²) in [4.78, 5) is 24.2. The Bertz CT molecular complexity index is 573. The highest BCUT2D eigenvalue weighted by Crippen LogP contribution is 2.30. The number of aromatic nitrogens is 3. The van der Waals surface area contributed by atoms with E-state index in [0.717, 1.165) is 0 Å². The van der Waals surface area contributed by atoms with E-state index in [1.807, 2.05) is 10.1 Å². The fraction of sp³-hybridized carbons (Fsp3) is 0.667. The van der Waals surface area contributed by atoms with Crippen molar-refractivity contribution >= 4 is 11.8 Å². The second-order valence-electron chi connectivity index (χ2n) is 4.13. The molecule has 0 unspecified atom stereocenters. The molecule has 5 atom stereocenters. The standard InChI is InChI=1S/C9H13N3O7S/c13-1-2-3(14)4(15)5(16)8(19-2)20-7-6(17)10-9(18)12-11-7/h2-5,8,13-16H,1H2,(H2,10,12,17,18)/t2-,3-,4-,5-,8+/m1/s1. The lowest BCUT2D eigenvalue weighted by Crippen LogP contribution is -2.57. The molecular formula is C9H13N3O7S. The number of aromatic amines is 2. The van der Waals surface area contributed by atoms with E-state index in [1.54, 1.807) is 0 Å². The number of nitrogens with zero attached hydrogens (tertiary/aromatic N) is 1. The van der Waals surface area contributed by atoms with Gasteiger partial charge in [0.25, 0.3) is 5.56 Å². The maximum Gasteiger partial charge on any atom is 0.342 e. The molecule has 10 nitrogen and oxygen atoms in total. The first-order chi connectivity index (χ1) is 9.43. The van der Waals surface area contributed by atoms with Crippen molar-refractivity contribution in [1.29, 1.82) is 0 Å². The summed E-state index contributed by atoms with van der Waals surface area (Å²) in [6.07, 6.45) is -5.59. The van der Waals surface area contributed by atoms with Gasteiger partial charge in [0.1, 0.15) is 29.9 Å². The van der Waals surface area contributed by atoms with Crippen molar-refractivity contribution in [2.24, 2.45) is 0 Å². The second kappa shape index (κ2) is 6.03. The molecule has 112 valence electrons. The molecule has 2 heterocycles. The predicted molar refractivity (Wildman–Crippen MR) is 65.1 cm³/mol. The number of ether oxygens (including phenoxy) is 1. The molecule has 1 aliphatic heterocycles. The molecule has 20 heavy (non-hydrogen) atoms. The zero-order valence-corrected chi connectivity index (χ0v) is 10.8. The number of H-pyrrole nitrogens is 2. The van der Waals surface area contributed by atoms with Gasteiger partial charge in [0, 0.05) is 0 Å². The van der Waals surface area contributed by atoms with Gasteiger partial charge in [-0.3, -0.25) is 9.78 Å². The monoisotopic (exact) mass is 307 g/mol. The van der Waals surface area contributed by atoms with E-state index in [1.165, 1.54) is 0 Å². The smallest absolute Gasteiger partial charge is 0.342 e. The van der Waals surface area contributed by atoms with Crippen molar-refractivity contribution in [3.8, 4) is 0 Å². The van der Waals surface area contributed by atoms with Gasteiger partial charge in [0.2, 0.25) is 0 Å². The van der Waals surface area contributed by atoms with Crippen LogP contribution < -0.4 is 11.2 Å². The Morgan fingerprint density at radius 3 is 2.50 bits per heavy atom. The van der Waals surface area contributed by atoms with Crippen LogP contribution in [-0.4, -0.2) is 72.1 Å². The molecular weight excluding hydrogens is 294 g/mol. The van der Waals surface area contributed by atoms with Crippen LogP contribution in [0, 0.1) is 0 Å². The topological polar surface area (TPSA) is 169 Å². The summed E-state index contributed by atoms with van der Waals surface area (Å²) in [6.45, 7) is -0.572.